The van der Waals surface area contributed by atoms with Crippen LogP contribution in [0, 0.1) is 5.41 Å². The molecule has 1 saturated heterocycles. The molecule has 5 nitrogen and oxygen atoms in total. The Hall–Kier alpha value is -1.59. The maximum atomic E-state index is 12.3. The summed E-state index contributed by atoms with van der Waals surface area (Å²) in [5.41, 5.74) is 0.707. The molecule has 1 saturated carbocycles. The van der Waals surface area contributed by atoms with Crippen LogP contribution in [0.3, 0.4) is 0 Å². The van der Waals surface area contributed by atoms with Gasteiger partial charge < -0.3 is 20.6 Å². The summed E-state index contributed by atoms with van der Waals surface area (Å²) in [5, 5.41) is 16.5. The maximum Gasteiger partial charge on any atom is 0.314 e. The summed E-state index contributed by atoms with van der Waals surface area (Å²) in [5.74, 6) is 0. The Morgan fingerprint density at radius 1 is 1.12 bits per heavy atom. The van der Waals surface area contributed by atoms with Crippen molar-refractivity contribution < 1.29 is 9.90 Å². The molecule has 3 N–H and O–H groups in total. The van der Waals surface area contributed by atoms with Gasteiger partial charge in [0.2, 0.25) is 0 Å². The van der Waals surface area contributed by atoms with Crippen LogP contribution >= 0.6 is 0 Å². The molecule has 0 spiro atoms. The lowest BCUT2D eigenvalue weighted by atomic mass is 9.88. The normalized spacial score (nSPS) is 27.5. The highest BCUT2D eigenvalue weighted by atomic mass is 16.3. The fourth-order valence-corrected chi connectivity index (χ4v) is 4.11. The highest BCUT2D eigenvalue weighted by molar-refractivity contribution is 5.74. The van der Waals surface area contributed by atoms with Gasteiger partial charge >= 0.3 is 6.03 Å². The van der Waals surface area contributed by atoms with Crippen LogP contribution in [0.15, 0.2) is 30.3 Å². The average Bonchev–Trinajstić information content (AvgIpc) is 3.18. The summed E-state index contributed by atoms with van der Waals surface area (Å²) in [6.07, 6.45) is 2.47. The largest absolute Gasteiger partial charge is 0.388 e. The van der Waals surface area contributed by atoms with Gasteiger partial charge in [-0.2, -0.15) is 0 Å². The molecule has 1 heterocycles. The van der Waals surface area contributed by atoms with Crippen molar-refractivity contribution in [1.82, 2.24) is 15.5 Å². The zero-order valence-electron chi connectivity index (χ0n) is 15.6. The van der Waals surface area contributed by atoms with E-state index in [0.717, 1.165) is 19.5 Å². The molecule has 0 bridgehead atoms. The van der Waals surface area contributed by atoms with Crippen LogP contribution < -0.4 is 10.6 Å². The molecule has 0 radical (unpaired) electrons. The quantitative estimate of drug-likeness (QED) is 0.766. The van der Waals surface area contributed by atoms with Gasteiger partial charge in [-0.05, 0) is 37.3 Å². The first-order valence-electron chi connectivity index (χ1n) is 9.25. The van der Waals surface area contributed by atoms with Crippen molar-refractivity contribution in [2.75, 3.05) is 33.2 Å². The molecule has 2 fully saturated rings. The molecule has 2 aliphatic rings. The number of piperidine rings is 1. The number of benzene rings is 1. The van der Waals surface area contributed by atoms with E-state index >= 15 is 0 Å². The van der Waals surface area contributed by atoms with Gasteiger partial charge in [0.1, 0.15) is 0 Å². The lowest BCUT2D eigenvalue weighted by Crippen LogP contribution is -2.52. The first-order chi connectivity index (χ1) is 11.8. The SMILES string of the molecule is CN1CCC(O)(CNC(=O)NC[C@]2(c3ccccc3)CC2(C)C)CC1. The molecule has 138 valence electrons. The number of hydrogen-bond acceptors (Lipinski definition) is 3. The monoisotopic (exact) mass is 345 g/mol. The van der Waals surface area contributed by atoms with Crippen molar-refractivity contribution >= 4 is 6.03 Å². The van der Waals surface area contributed by atoms with Gasteiger partial charge in [0.15, 0.2) is 0 Å². The Kier molecular flexibility index (Phi) is 4.82. The van der Waals surface area contributed by atoms with E-state index in [2.05, 4.69) is 60.7 Å². The maximum absolute atomic E-state index is 12.3. The van der Waals surface area contributed by atoms with Crippen molar-refractivity contribution in [2.45, 2.75) is 44.1 Å². The first kappa shape index (κ1) is 18.2. The molecule has 1 atom stereocenters. The zero-order valence-corrected chi connectivity index (χ0v) is 15.6. The third-order valence-corrected chi connectivity index (χ3v) is 6.29. The Morgan fingerprint density at radius 2 is 1.68 bits per heavy atom. The molecule has 1 aliphatic heterocycles. The van der Waals surface area contributed by atoms with Gasteiger partial charge in [-0.1, -0.05) is 44.2 Å². The van der Waals surface area contributed by atoms with Crippen LogP contribution in [0.4, 0.5) is 4.79 Å². The molecule has 1 aliphatic carbocycles. The number of nitrogens with one attached hydrogen (secondary N) is 2. The standard InChI is InChI=1S/C20H31N3O2/c1-18(2)13-20(18,16-7-5-4-6-8-16)15-22-17(24)21-14-19(25)9-11-23(3)12-10-19/h4-8,25H,9-15H2,1-3H3,(H2,21,22,24)/t20-/m0/s1. The van der Waals surface area contributed by atoms with Crippen molar-refractivity contribution in [3.8, 4) is 0 Å². The van der Waals surface area contributed by atoms with Crippen molar-refractivity contribution in [3.05, 3.63) is 35.9 Å². The van der Waals surface area contributed by atoms with Crippen LogP contribution in [0.1, 0.15) is 38.7 Å². The smallest absolute Gasteiger partial charge is 0.314 e. The molecule has 1 aromatic rings. The summed E-state index contributed by atoms with van der Waals surface area (Å²) in [7, 11) is 2.06. The molecule has 1 aromatic carbocycles. The molecule has 5 heteroatoms. The molecule has 0 aromatic heterocycles. The number of likely N-dealkylation sites (tertiary alicyclic amines) is 1. The van der Waals surface area contributed by atoms with Crippen molar-refractivity contribution in [2.24, 2.45) is 5.41 Å². The van der Waals surface area contributed by atoms with Gasteiger partial charge in [-0.3, -0.25) is 0 Å². The van der Waals surface area contributed by atoms with Crippen LogP contribution in [0.5, 0.6) is 0 Å². The fourth-order valence-electron chi connectivity index (χ4n) is 4.11. The summed E-state index contributed by atoms with van der Waals surface area (Å²) in [6, 6.07) is 10.2. The zero-order chi connectivity index (χ0) is 18.1. The van der Waals surface area contributed by atoms with E-state index in [1.54, 1.807) is 0 Å². The third kappa shape index (κ3) is 3.82. The van der Waals surface area contributed by atoms with E-state index in [4.69, 9.17) is 0 Å². The van der Waals surface area contributed by atoms with E-state index < -0.39 is 5.60 Å². The Morgan fingerprint density at radius 3 is 2.24 bits per heavy atom. The second-order valence-electron chi connectivity index (χ2n) is 8.57. The number of carbonyl (C=O) groups excluding carboxylic acids is 1. The Labute approximate surface area is 150 Å². The van der Waals surface area contributed by atoms with Crippen molar-refractivity contribution in [3.63, 3.8) is 0 Å². The van der Waals surface area contributed by atoms with Gasteiger partial charge in [0.25, 0.3) is 0 Å². The minimum atomic E-state index is -0.778. The van der Waals surface area contributed by atoms with Gasteiger partial charge in [-0.15, -0.1) is 0 Å². The predicted molar refractivity (Wildman–Crippen MR) is 99.6 cm³/mol. The van der Waals surface area contributed by atoms with Gasteiger partial charge in [0.05, 0.1) is 5.60 Å². The lowest BCUT2D eigenvalue weighted by Gasteiger charge is -2.36. The topological polar surface area (TPSA) is 64.6 Å². The summed E-state index contributed by atoms with van der Waals surface area (Å²) in [6.45, 7) is 7.17. The molecule has 0 unspecified atom stereocenters. The third-order valence-electron chi connectivity index (χ3n) is 6.29. The number of carbonyl (C=O) groups is 1. The van der Waals surface area contributed by atoms with E-state index in [9.17, 15) is 9.90 Å². The number of nitrogens with zero attached hydrogens (tertiary/aromatic N) is 1. The number of rotatable bonds is 5. The summed E-state index contributed by atoms with van der Waals surface area (Å²) < 4.78 is 0. The molecular weight excluding hydrogens is 314 g/mol. The fraction of sp³-hybridized carbons (Fsp3) is 0.650. The molecule has 3 rings (SSSR count). The highest BCUT2D eigenvalue weighted by Gasteiger charge is 2.61. The lowest BCUT2D eigenvalue weighted by molar-refractivity contribution is -0.0122. The number of urea groups is 1. The molecule has 2 amide bonds. The predicted octanol–water partition coefficient (Wildman–Crippen LogP) is 2.11. The summed E-state index contributed by atoms with van der Waals surface area (Å²) in [4.78, 5) is 14.5. The van der Waals surface area contributed by atoms with Gasteiger partial charge in [0, 0.05) is 31.6 Å². The molecular formula is C20H31N3O2. The number of aliphatic hydroxyl groups is 1. The summed E-state index contributed by atoms with van der Waals surface area (Å²) >= 11 is 0. The van der Waals surface area contributed by atoms with E-state index in [0.29, 0.717) is 25.9 Å². The Balaban J connectivity index is 1.52. The second-order valence-corrected chi connectivity index (χ2v) is 8.57. The minimum absolute atomic E-state index is 0.00997. The van der Waals surface area contributed by atoms with E-state index in [1.165, 1.54) is 5.56 Å². The van der Waals surface area contributed by atoms with Gasteiger partial charge in [-0.25, -0.2) is 4.79 Å². The number of amides is 2. The first-order valence-corrected chi connectivity index (χ1v) is 9.25. The molecule has 25 heavy (non-hydrogen) atoms. The number of hydrogen-bond donors (Lipinski definition) is 3. The van der Waals surface area contributed by atoms with Crippen LogP contribution in [-0.4, -0.2) is 54.9 Å². The van der Waals surface area contributed by atoms with Crippen LogP contribution in [0.25, 0.3) is 0 Å². The minimum Gasteiger partial charge on any atom is -0.388 e. The Bertz CT molecular complexity index is 609. The second kappa shape index (κ2) is 6.61. The highest BCUT2D eigenvalue weighted by Crippen LogP contribution is 2.63. The van der Waals surface area contributed by atoms with E-state index in [-0.39, 0.29) is 16.9 Å². The van der Waals surface area contributed by atoms with Crippen LogP contribution in [-0.2, 0) is 5.41 Å². The average molecular weight is 345 g/mol. The van der Waals surface area contributed by atoms with Crippen LogP contribution in [0.2, 0.25) is 0 Å². The van der Waals surface area contributed by atoms with E-state index in [1.807, 2.05) is 6.07 Å². The van der Waals surface area contributed by atoms with Crippen molar-refractivity contribution in [1.29, 1.82) is 0 Å².